The van der Waals surface area contributed by atoms with Crippen LogP contribution in [0, 0.1) is 16.0 Å². The molecule has 0 aromatic heterocycles. The molecule has 0 saturated carbocycles. The molecule has 1 unspecified atom stereocenters. The molecule has 0 aliphatic heterocycles. The minimum atomic E-state index is -0.579. The number of rotatable bonds is 6. The fourth-order valence-electron chi connectivity index (χ4n) is 1.51. The molecule has 1 aromatic rings. The first-order chi connectivity index (χ1) is 8.95. The van der Waals surface area contributed by atoms with E-state index in [1.807, 2.05) is 13.2 Å². The zero-order valence-corrected chi connectivity index (χ0v) is 12.3. The van der Waals surface area contributed by atoms with Crippen LogP contribution in [0.4, 0.5) is 5.69 Å². The number of amides is 1. The van der Waals surface area contributed by atoms with Gasteiger partial charge in [0, 0.05) is 18.2 Å². The zero-order chi connectivity index (χ0) is 14.4. The van der Waals surface area contributed by atoms with E-state index in [4.69, 9.17) is 11.6 Å². The third-order valence-electron chi connectivity index (χ3n) is 2.47. The Balaban J connectivity index is 2.68. The Morgan fingerprint density at radius 2 is 2.26 bits per heavy atom. The number of nitro groups is 1. The second-order valence-electron chi connectivity index (χ2n) is 4.19. The average Bonchev–Trinajstić information content (AvgIpc) is 2.35. The highest BCUT2D eigenvalue weighted by atomic mass is 35.5. The molecule has 0 bridgehead atoms. The fraction of sp³-hybridized carbons (Fsp3) is 0.417. The quantitative estimate of drug-likeness (QED) is 0.647. The summed E-state index contributed by atoms with van der Waals surface area (Å²) < 4.78 is 0. The predicted octanol–water partition coefficient (Wildman–Crippen LogP) is 2.98. The van der Waals surface area contributed by atoms with Crippen LogP contribution in [0.5, 0.6) is 0 Å². The van der Waals surface area contributed by atoms with Crippen molar-refractivity contribution in [2.45, 2.75) is 6.92 Å². The van der Waals surface area contributed by atoms with Crippen molar-refractivity contribution < 1.29 is 9.72 Å². The average molecular weight is 303 g/mol. The van der Waals surface area contributed by atoms with Crippen LogP contribution in [-0.4, -0.2) is 29.4 Å². The van der Waals surface area contributed by atoms with Gasteiger partial charge < -0.3 is 5.32 Å². The smallest absolute Gasteiger partial charge is 0.287 e. The monoisotopic (exact) mass is 302 g/mol. The summed E-state index contributed by atoms with van der Waals surface area (Å²) >= 11 is 7.47. The molecule has 0 saturated heterocycles. The standard InChI is InChI=1S/C12H15ClN2O3S/c1-8(7-19-2)6-14-12(16)9-3-4-11(15(17)18)10(13)5-9/h3-5,8H,6-7H2,1-2H3,(H,14,16). The molecule has 0 aliphatic rings. The molecule has 5 nitrogen and oxygen atoms in total. The van der Waals surface area contributed by atoms with Crippen LogP contribution in [0.15, 0.2) is 18.2 Å². The van der Waals surface area contributed by atoms with Gasteiger partial charge in [-0.15, -0.1) is 0 Å². The number of hydrogen-bond donors (Lipinski definition) is 1. The Morgan fingerprint density at radius 3 is 2.79 bits per heavy atom. The van der Waals surface area contributed by atoms with E-state index in [1.165, 1.54) is 18.2 Å². The molecule has 0 spiro atoms. The Bertz CT molecular complexity index is 482. The molecule has 1 N–H and O–H groups in total. The minimum absolute atomic E-state index is 0.0326. The van der Waals surface area contributed by atoms with E-state index in [-0.39, 0.29) is 16.6 Å². The number of thioether (sulfide) groups is 1. The van der Waals surface area contributed by atoms with E-state index in [2.05, 4.69) is 5.32 Å². The van der Waals surface area contributed by atoms with E-state index in [0.29, 0.717) is 18.0 Å². The van der Waals surface area contributed by atoms with Crippen molar-refractivity contribution in [3.05, 3.63) is 38.9 Å². The minimum Gasteiger partial charge on any atom is -0.352 e. The van der Waals surface area contributed by atoms with E-state index < -0.39 is 4.92 Å². The van der Waals surface area contributed by atoms with Gasteiger partial charge in [-0.2, -0.15) is 11.8 Å². The Kier molecular flexibility index (Phi) is 6.11. The molecule has 1 amide bonds. The summed E-state index contributed by atoms with van der Waals surface area (Å²) in [6.07, 6.45) is 2.01. The van der Waals surface area contributed by atoms with Crippen molar-refractivity contribution in [3.8, 4) is 0 Å². The molecule has 0 heterocycles. The number of nitro benzene ring substituents is 1. The zero-order valence-electron chi connectivity index (χ0n) is 10.7. The maximum Gasteiger partial charge on any atom is 0.287 e. The maximum absolute atomic E-state index is 11.8. The van der Waals surface area contributed by atoms with E-state index in [0.717, 1.165) is 5.75 Å². The number of carbonyl (C=O) groups excluding carboxylic acids is 1. The van der Waals surface area contributed by atoms with Crippen molar-refractivity contribution in [2.75, 3.05) is 18.6 Å². The van der Waals surface area contributed by atoms with Gasteiger partial charge in [-0.1, -0.05) is 18.5 Å². The van der Waals surface area contributed by atoms with Crippen LogP contribution in [0.1, 0.15) is 17.3 Å². The predicted molar refractivity (Wildman–Crippen MR) is 78.0 cm³/mol. The number of halogens is 1. The van der Waals surface area contributed by atoms with Gasteiger partial charge >= 0.3 is 0 Å². The van der Waals surface area contributed by atoms with Crippen LogP contribution in [0.3, 0.4) is 0 Å². The topological polar surface area (TPSA) is 72.2 Å². The Hall–Kier alpha value is -1.27. The summed E-state index contributed by atoms with van der Waals surface area (Å²) in [6, 6.07) is 3.95. The molecule has 1 atom stereocenters. The first-order valence-electron chi connectivity index (χ1n) is 5.66. The summed E-state index contributed by atoms with van der Waals surface area (Å²) in [4.78, 5) is 21.9. The Labute approximate surface area is 120 Å². The van der Waals surface area contributed by atoms with Crippen LogP contribution in [-0.2, 0) is 0 Å². The molecule has 1 aromatic carbocycles. The lowest BCUT2D eigenvalue weighted by Gasteiger charge is -2.11. The number of nitrogens with one attached hydrogen (secondary N) is 1. The molecule has 0 radical (unpaired) electrons. The van der Waals surface area contributed by atoms with Crippen molar-refractivity contribution in [3.63, 3.8) is 0 Å². The SMILES string of the molecule is CSCC(C)CNC(=O)c1ccc([N+](=O)[O-])c(Cl)c1. The molecular weight excluding hydrogens is 288 g/mol. The second-order valence-corrected chi connectivity index (χ2v) is 5.51. The van der Waals surface area contributed by atoms with E-state index in [1.54, 1.807) is 11.8 Å². The largest absolute Gasteiger partial charge is 0.352 e. The third kappa shape index (κ3) is 4.72. The molecule has 19 heavy (non-hydrogen) atoms. The highest BCUT2D eigenvalue weighted by molar-refractivity contribution is 7.98. The molecule has 104 valence electrons. The second kappa shape index (κ2) is 7.35. The summed E-state index contributed by atoms with van der Waals surface area (Å²) in [5, 5.41) is 13.4. The van der Waals surface area contributed by atoms with Gasteiger partial charge in [0.2, 0.25) is 0 Å². The van der Waals surface area contributed by atoms with Gasteiger partial charge in [0.1, 0.15) is 5.02 Å². The summed E-state index contributed by atoms with van der Waals surface area (Å²) in [5.74, 6) is 1.05. The van der Waals surface area contributed by atoms with Crippen molar-refractivity contribution >= 4 is 35.0 Å². The highest BCUT2D eigenvalue weighted by Gasteiger charge is 2.15. The maximum atomic E-state index is 11.8. The van der Waals surface area contributed by atoms with Crippen LogP contribution < -0.4 is 5.32 Å². The lowest BCUT2D eigenvalue weighted by Crippen LogP contribution is -2.29. The number of carbonyl (C=O) groups is 1. The van der Waals surface area contributed by atoms with Gasteiger partial charge in [0.25, 0.3) is 11.6 Å². The number of nitrogens with zero attached hydrogens (tertiary/aromatic N) is 1. The number of hydrogen-bond acceptors (Lipinski definition) is 4. The van der Waals surface area contributed by atoms with Crippen molar-refractivity contribution in [1.82, 2.24) is 5.32 Å². The van der Waals surface area contributed by atoms with Crippen LogP contribution in [0.2, 0.25) is 5.02 Å². The van der Waals surface area contributed by atoms with Gasteiger partial charge in [-0.3, -0.25) is 14.9 Å². The molecule has 0 fully saturated rings. The van der Waals surface area contributed by atoms with Gasteiger partial charge in [0.15, 0.2) is 0 Å². The first-order valence-corrected chi connectivity index (χ1v) is 7.44. The van der Waals surface area contributed by atoms with E-state index in [9.17, 15) is 14.9 Å². The third-order valence-corrected chi connectivity index (χ3v) is 3.67. The van der Waals surface area contributed by atoms with Crippen molar-refractivity contribution in [1.29, 1.82) is 0 Å². The lowest BCUT2D eigenvalue weighted by molar-refractivity contribution is -0.384. The van der Waals surface area contributed by atoms with Gasteiger partial charge in [-0.05, 0) is 30.1 Å². The molecule has 1 rings (SSSR count). The first kappa shape index (κ1) is 15.8. The molecule has 7 heteroatoms. The highest BCUT2D eigenvalue weighted by Crippen LogP contribution is 2.24. The van der Waals surface area contributed by atoms with Gasteiger partial charge in [0.05, 0.1) is 4.92 Å². The van der Waals surface area contributed by atoms with Crippen molar-refractivity contribution in [2.24, 2.45) is 5.92 Å². The summed E-state index contributed by atoms with van der Waals surface area (Å²) in [6.45, 7) is 2.61. The van der Waals surface area contributed by atoms with Crippen LogP contribution in [0.25, 0.3) is 0 Å². The van der Waals surface area contributed by atoms with E-state index >= 15 is 0 Å². The van der Waals surface area contributed by atoms with Crippen LogP contribution >= 0.6 is 23.4 Å². The normalized spacial score (nSPS) is 11.9. The van der Waals surface area contributed by atoms with Gasteiger partial charge in [-0.25, -0.2) is 0 Å². The molecule has 0 aliphatic carbocycles. The Morgan fingerprint density at radius 1 is 1.58 bits per heavy atom. The molecular formula is C12H15ClN2O3S. The summed E-state index contributed by atoms with van der Waals surface area (Å²) in [5.41, 5.74) is 0.126. The summed E-state index contributed by atoms with van der Waals surface area (Å²) in [7, 11) is 0. The fourth-order valence-corrected chi connectivity index (χ4v) is 2.45. The number of benzene rings is 1. The lowest BCUT2D eigenvalue weighted by atomic mass is 10.1.